The van der Waals surface area contributed by atoms with E-state index in [1.807, 2.05) is 0 Å². The average Bonchev–Trinajstić information content (AvgIpc) is 2.74. The Balaban J connectivity index is 2.22. The average molecular weight is 293 g/mol. The van der Waals surface area contributed by atoms with Gasteiger partial charge in [-0.15, -0.1) is 0 Å². The number of hydrogen-bond acceptors (Lipinski definition) is 5. The molecule has 8 heteroatoms. The predicted octanol–water partition coefficient (Wildman–Crippen LogP) is -1.50. The molecule has 1 saturated heterocycles. The third-order valence-electron chi connectivity index (χ3n) is 3.13. The number of nitrogens with one attached hydrogen (secondary N) is 2. The lowest BCUT2D eigenvalue weighted by molar-refractivity contribution is -0.122. The molecule has 2 unspecified atom stereocenters. The van der Waals surface area contributed by atoms with Gasteiger partial charge in [0.2, 0.25) is 15.9 Å². The fraction of sp³-hybridized carbons (Fsp3) is 0.909. The van der Waals surface area contributed by atoms with Crippen molar-refractivity contribution in [1.29, 1.82) is 0 Å². The molecular weight excluding hydrogens is 270 g/mol. The van der Waals surface area contributed by atoms with Gasteiger partial charge in [0, 0.05) is 26.2 Å². The minimum atomic E-state index is -3.16. The summed E-state index contributed by atoms with van der Waals surface area (Å²) in [6.07, 6.45) is 1.72. The van der Waals surface area contributed by atoms with Gasteiger partial charge in [-0.1, -0.05) is 6.92 Å². The van der Waals surface area contributed by atoms with Crippen LogP contribution in [0.3, 0.4) is 0 Å². The number of carbonyl (C=O) groups excluding carboxylic acids is 1. The summed E-state index contributed by atoms with van der Waals surface area (Å²) in [5.74, 6) is -0.140. The van der Waals surface area contributed by atoms with Crippen molar-refractivity contribution >= 4 is 15.9 Å². The van der Waals surface area contributed by atoms with Crippen LogP contribution in [-0.2, 0) is 14.8 Å². The van der Waals surface area contributed by atoms with E-state index < -0.39 is 16.1 Å². The molecule has 0 aromatic rings. The van der Waals surface area contributed by atoms with Gasteiger partial charge >= 0.3 is 0 Å². The number of aliphatic hydroxyl groups is 1. The first kappa shape index (κ1) is 16.4. The maximum atomic E-state index is 11.7. The highest BCUT2D eigenvalue weighted by Gasteiger charge is 2.27. The lowest BCUT2D eigenvalue weighted by Gasteiger charge is -2.18. The van der Waals surface area contributed by atoms with E-state index in [4.69, 9.17) is 0 Å². The molecule has 1 fully saturated rings. The summed E-state index contributed by atoms with van der Waals surface area (Å²) >= 11 is 0. The molecule has 1 aliphatic heterocycles. The van der Waals surface area contributed by atoms with Gasteiger partial charge in [0.1, 0.15) is 0 Å². The molecule has 112 valence electrons. The fourth-order valence-corrected chi connectivity index (χ4v) is 3.00. The third-order valence-corrected chi connectivity index (χ3v) is 4.51. The highest BCUT2D eigenvalue weighted by atomic mass is 32.2. The molecule has 19 heavy (non-hydrogen) atoms. The van der Waals surface area contributed by atoms with Crippen molar-refractivity contribution in [3.8, 4) is 0 Å². The maximum Gasteiger partial charge on any atom is 0.237 e. The van der Waals surface area contributed by atoms with Crippen LogP contribution in [0.25, 0.3) is 0 Å². The van der Waals surface area contributed by atoms with E-state index in [-0.39, 0.29) is 11.9 Å². The number of β-amino-alcohol motifs (C(OH)–C–C–N with tert-alkyl or cyclic N) is 1. The van der Waals surface area contributed by atoms with E-state index in [1.165, 1.54) is 10.6 Å². The second kappa shape index (κ2) is 7.18. The first-order chi connectivity index (χ1) is 8.84. The van der Waals surface area contributed by atoms with Crippen LogP contribution >= 0.6 is 0 Å². The second-order valence-electron chi connectivity index (χ2n) is 4.75. The van der Waals surface area contributed by atoms with Crippen LogP contribution in [0.1, 0.15) is 19.8 Å². The van der Waals surface area contributed by atoms with E-state index in [9.17, 15) is 18.3 Å². The maximum absolute atomic E-state index is 11.7. The van der Waals surface area contributed by atoms with Gasteiger partial charge < -0.3 is 15.7 Å². The van der Waals surface area contributed by atoms with Gasteiger partial charge in [0.25, 0.3) is 0 Å². The zero-order chi connectivity index (χ0) is 14.5. The van der Waals surface area contributed by atoms with E-state index >= 15 is 0 Å². The number of amides is 1. The zero-order valence-electron chi connectivity index (χ0n) is 11.4. The summed E-state index contributed by atoms with van der Waals surface area (Å²) in [6, 6.07) is -0.341. The van der Waals surface area contributed by atoms with Crippen LogP contribution in [0.15, 0.2) is 0 Å². The number of carbonyl (C=O) groups is 1. The summed E-state index contributed by atoms with van der Waals surface area (Å²) in [5.41, 5.74) is 0. The quantitative estimate of drug-likeness (QED) is 0.496. The lowest BCUT2D eigenvalue weighted by atomic mass is 10.2. The number of sulfonamides is 1. The van der Waals surface area contributed by atoms with Crippen molar-refractivity contribution in [2.75, 3.05) is 32.4 Å². The highest BCUT2D eigenvalue weighted by Crippen LogP contribution is 2.06. The van der Waals surface area contributed by atoms with Crippen LogP contribution in [0, 0.1) is 0 Å². The minimum absolute atomic E-state index is 0.140. The molecule has 1 heterocycles. The Hall–Kier alpha value is -0.700. The normalized spacial score (nSPS) is 23.8. The molecule has 0 saturated carbocycles. The minimum Gasteiger partial charge on any atom is -0.392 e. The van der Waals surface area contributed by atoms with E-state index in [1.54, 1.807) is 6.92 Å². The van der Waals surface area contributed by atoms with Gasteiger partial charge in [0.15, 0.2) is 0 Å². The van der Waals surface area contributed by atoms with E-state index in [0.29, 0.717) is 39.0 Å². The molecule has 1 rings (SSSR count). The highest BCUT2D eigenvalue weighted by molar-refractivity contribution is 7.88. The van der Waals surface area contributed by atoms with Crippen molar-refractivity contribution in [2.45, 2.75) is 31.9 Å². The number of nitrogens with zero attached hydrogens (tertiary/aromatic N) is 1. The van der Waals surface area contributed by atoms with Crippen LogP contribution < -0.4 is 10.6 Å². The molecule has 0 aromatic heterocycles. The van der Waals surface area contributed by atoms with Crippen molar-refractivity contribution in [2.24, 2.45) is 0 Å². The first-order valence-electron chi connectivity index (χ1n) is 6.49. The Morgan fingerprint density at radius 1 is 1.53 bits per heavy atom. The van der Waals surface area contributed by atoms with Gasteiger partial charge in [-0.2, -0.15) is 0 Å². The monoisotopic (exact) mass is 293 g/mol. The molecule has 3 N–H and O–H groups in total. The van der Waals surface area contributed by atoms with Gasteiger partial charge in [-0.05, 0) is 12.8 Å². The molecule has 7 nitrogen and oxygen atoms in total. The SMILES string of the molecule is CCN(CCCNC(=O)C1CC(O)CN1)S(C)(=O)=O. The Morgan fingerprint density at radius 3 is 2.68 bits per heavy atom. The Morgan fingerprint density at radius 2 is 2.21 bits per heavy atom. The lowest BCUT2D eigenvalue weighted by Crippen LogP contribution is -2.41. The second-order valence-corrected chi connectivity index (χ2v) is 6.73. The Kier molecular flexibility index (Phi) is 6.18. The number of hydrogen-bond donors (Lipinski definition) is 3. The van der Waals surface area contributed by atoms with Gasteiger partial charge in [-0.25, -0.2) is 12.7 Å². The smallest absolute Gasteiger partial charge is 0.237 e. The Labute approximate surface area is 114 Å². The summed E-state index contributed by atoms with van der Waals surface area (Å²) in [4.78, 5) is 11.7. The standard InChI is InChI=1S/C11H23N3O4S/c1-3-14(19(2,17)18)6-4-5-12-11(16)10-7-9(15)8-13-10/h9-10,13,15H,3-8H2,1-2H3,(H,12,16). The molecule has 1 amide bonds. The molecule has 0 aromatic carbocycles. The van der Waals surface area contributed by atoms with Crippen molar-refractivity contribution in [1.82, 2.24) is 14.9 Å². The first-order valence-corrected chi connectivity index (χ1v) is 8.33. The predicted molar refractivity (Wildman–Crippen MR) is 72.1 cm³/mol. The van der Waals surface area contributed by atoms with Crippen molar-refractivity contribution in [3.05, 3.63) is 0 Å². The van der Waals surface area contributed by atoms with Crippen LogP contribution in [0.4, 0.5) is 0 Å². The third kappa shape index (κ3) is 5.43. The molecule has 0 bridgehead atoms. The molecular formula is C11H23N3O4S. The summed E-state index contributed by atoms with van der Waals surface area (Å²) < 4.78 is 24.0. The molecule has 0 aliphatic carbocycles. The van der Waals surface area contributed by atoms with Crippen molar-refractivity contribution in [3.63, 3.8) is 0 Å². The van der Waals surface area contributed by atoms with Crippen LogP contribution in [0.5, 0.6) is 0 Å². The molecule has 0 spiro atoms. The molecule has 0 radical (unpaired) electrons. The summed E-state index contributed by atoms with van der Waals surface area (Å²) in [6.45, 7) is 3.48. The van der Waals surface area contributed by atoms with E-state index in [0.717, 1.165) is 0 Å². The van der Waals surface area contributed by atoms with Gasteiger partial charge in [0.05, 0.1) is 18.4 Å². The summed E-state index contributed by atoms with van der Waals surface area (Å²) in [7, 11) is -3.16. The zero-order valence-corrected chi connectivity index (χ0v) is 12.2. The number of aliphatic hydroxyl groups excluding tert-OH is 1. The van der Waals surface area contributed by atoms with Crippen LogP contribution in [0.2, 0.25) is 0 Å². The van der Waals surface area contributed by atoms with E-state index in [2.05, 4.69) is 10.6 Å². The number of rotatable bonds is 7. The topological polar surface area (TPSA) is 98.7 Å². The molecule has 2 atom stereocenters. The fourth-order valence-electron chi connectivity index (χ4n) is 2.07. The van der Waals surface area contributed by atoms with Crippen molar-refractivity contribution < 1.29 is 18.3 Å². The summed E-state index contributed by atoms with van der Waals surface area (Å²) in [5, 5.41) is 15.0. The molecule has 1 aliphatic rings. The Bertz CT molecular complexity index is 399. The van der Waals surface area contributed by atoms with Crippen LogP contribution in [-0.4, -0.2) is 68.3 Å². The van der Waals surface area contributed by atoms with Gasteiger partial charge in [-0.3, -0.25) is 4.79 Å². The largest absolute Gasteiger partial charge is 0.392 e.